The molecule has 0 spiro atoms. The van der Waals surface area contributed by atoms with E-state index in [-0.39, 0.29) is 5.91 Å². The predicted octanol–water partition coefficient (Wildman–Crippen LogP) is 3.00. The van der Waals surface area contributed by atoms with Gasteiger partial charge in [0.1, 0.15) is 5.76 Å². The van der Waals surface area contributed by atoms with Gasteiger partial charge < -0.3 is 9.42 Å². The Morgan fingerprint density at radius 1 is 1.27 bits per heavy atom. The Morgan fingerprint density at radius 3 is 2.95 bits per heavy atom. The molecule has 4 heteroatoms. The Bertz CT molecular complexity index is 720. The van der Waals surface area contributed by atoms with Gasteiger partial charge in [0, 0.05) is 25.1 Å². The Labute approximate surface area is 130 Å². The number of fused-ring (bicyclic) bond motifs is 2. The minimum atomic E-state index is 0.0219. The van der Waals surface area contributed by atoms with E-state index in [0.717, 1.165) is 43.6 Å². The van der Waals surface area contributed by atoms with Crippen molar-refractivity contribution in [2.45, 2.75) is 39.2 Å². The number of nitrogens with zero attached hydrogens (tertiary/aromatic N) is 2. The third-order valence-corrected chi connectivity index (χ3v) is 4.91. The van der Waals surface area contributed by atoms with Gasteiger partial charge in [0.05, 0.1) is 0 Å². The molecule has 1 amide bonds. The number of benzene rings is 1. The Morgan fingerprint density at radius 2 is 2.09 bits per heavy atom. The van der Waals surface area contributed by atoms with Crippen molar-refractivity contribution in [3.8, 4) is 0 Å². The molecule has 2 heterocycles. The van der Waals surface area contributed by atoms with E-state index in [0.29, 0.717) is 18.2 Å². The van der Waals surface area contributed by atoms with Crippen molar-refractivity contribution in [1.29, 1.82) is 0 Å². The molecule has 2 aromatic rings. The number of hydrogen-bond donors (Lipinski definition) is 0. The number of amides is 1. The van der Waals surface area contributed by atoms with E-state index in [4.69, 9.17) is 4.52 Å². The minimum absolute atomic E-state index is 0.0219. The van der Waals surface area contributed by atoms with Gasteiger partial charge in [-0.15, -0.1) is 0 Å². The highest BCUT2D eigenvalue weighted by atomic mass is 16.5. The summed E-state index contributed by atoms with van der Waals surface area (Å²) in [5.74, 6) is 1.54. The van der Waals surface area contributed by atoms with Crippen molar-refractivity contribution in [3.05, 3.63) is 52.4 Å². The molecule has 4 rings (SSSR count). The largest absolute Gasteiger partial charge is 0.360 e. The molecule has 114 valence electrons. The molecule has 0 bridgehead atoms. The maximum atomic E-state index is 12.9. The second-order valence-corrected chi connectivity index (χ2v) is 6.53. The fourth-order valence-corrected chi connectivity index (χ4v) is 3.57. The van der Waals surface area contributed by atoms with E-state index in [1.54, 1.807) is 0 Å². The molecule has 1 aromatic heterocycles. The molecular weight excluding hydrogens is 276 g/mol. The molecule has 0 saturated carbocycles. The van der Waals surface area contributed by atoms with Crippen LogP contribution in [-0.2, 0) is 25.8 Å². The number of rotatable bonds is 1. The van der Waals surface area contributed by atoms with Crippen LogP contribution in [0, 0.1) is 5.92 Å². The van der Waals surface area contributed by atoms with Gasteiger partial charge in [0.25, 0.3) is 5.91 Å². The van der Waals surface area contributed by atoms with E-state index >= 15 is 0 Å². The molecule has 1 aliphatic carbocycles. The van der Waals surface area contributed by atoms with Crippen molar-refractivity contribution in [2.75, 3.05) is 6.54 Å². The quantitative estimate of drug-likeness (QED) is 0.812. The Kier molecular flexibility index (Phi) is 3.25. The normalized spacial score (nSPS) is 20.4. The molecule has 0 N–H and O–H groups in total. The van der Waals surface area contributed by atoms with Crippen LogP contribution in [0.1, 0.15) is 46.3 Å². The summed E-state index contributed by atoms with van der Waals surface area (Å²) in [6, 6.07) is 8.35. The zero-order valence-corrected chi connectivity index (χ0v) is 12.8. The summed E-state index contributed by atoms with van der Waals surface area (Å²) in [7, 11) is 0. The molecule has 4 nitrogen and oxygen atoms in total. The van der Waals surface area contributed by atoms with Crippen LogP contribution in [0.3, 0.4) is 0 Å². The monoisotopic (exact) mass is 296 g/mol. The average Bonchev–Trinajstić information content (AvgIpc) is 2.96. The number of carbonyl (C=O) groups excluding carboxylic acids is 1. The van der Waals surface area contributed by atoms with Crippen LogP contribution in [0.2, 0.25) is 0 Å². The third-order valence-electron chi connectivity index (χ3n) is 4.91. The smallest absolute Gasteiger partial charge is 0.276 e. The first-order valence-corrected chi connectivity index (χ1v) is 8.06. The average molecular weight is 296 g/mol. The summed E-state index contributed by atoms with van der Waals surface area (Å²) in [6.07, 6.45) is 3.84. The second-order valence-electron chi connectivity index (χ2n) is 6.53. The van der Waals surface area contributed by atoms with Gasteiger partial charge in [-0.05, 0) is 36.3 Å². The lowest BCUT2D eigenvalue weighted by Gasteiger charge is -2.28. The zero-order chi connectivity index (χ0) is 15.1. The van der Waals surface area contributed by atoms with Crippen LogP contribution in [0.5, 0.6) is 0 Å². The Hall–Kier alpha value is -2.10. The molecule has 22 heavy (non-hydrogen) atoms. The van der Waals surface area contributed by atoms with E-state index in [9.17, 15) is 4.79 Å². The van der Waals surface area contributed by atoms with Crippen LogP contribution in [0.25, 0.3) is 0 Å². The minimum Gasteiger partial charge on any atom is -0.360 e. The third kappa shape index (κ3) is 2.23. The highest BCUT2D eigenvalue weighted by Gasteiger charge is 2.30. The van der Waals surface area contributed by atoms with E-state index in [1.165, 1.54) is 11.1 Å². The van der Waals surface area contributed by atoms with Crippen LogP contribution in [0.4, 0.5) is 0 Å². The lowest BCUT2D eigenvalue weighted by atomic mass is 9.88. The first-order valence-electron chi connectivity index (χ1n) is 8.06. The van der Waals surface area contributed by atoms with Gasteiger partial charge in [0.2, 0.25) is 0 Å². The van der Waals surface area contributed by atoms with Crippen molar-refractivity contribution < 1.29 is 9.32 Å². The SMILES string of the molecule is CC1CCc2onc(C(=O)N3CCc4ccccc4C3)c2C1. The molecule has 0 radical (unpaired) electrons. The van der Waals surface area contributed by atoms with Crippen molar-refractivity contribution >= 4 is 5.91 Å². The summed E-state index contributed by atoms with van der Waals surface area (Å²) in [6.45, 7) is 3.65. The van der Waals surface area contributed by atoms with Gasteiger partial charge in [-0.25, -0.2) is 0 Å². The molecule has 1 atom stereocenters. The lowest BCUT2D eigenvalue weighted by Crippen LogP contribution is -2.36. The van der Waals surface area contributed by atoms with Crippen molar-refractivity contribution in [1.82, 2.24) is 10.1 Å². The molecule has 2 aliphatic rings. The molecule has 1 aliphatic heterocycles. The summed E-state index contributed by atoms with van der Waals surface area (Å²) < 4.78 is 5.42. The second kappa shape index (κ2) is 5.27. The van der Waals surface area contributed by atoms with E-state index in [1.807, 2.05) is 11.0 Å². The van der Waals surface area contributed by atoms with Crippen LogP contribution in [0.15, 0.2) is 28.8 Å². The van der Waals surface area contributed by atoms with Crippen LogP contribution < -0.4 is 0 Å². The predicted molar refractivity (Wildman–Crippen MR) is 82.6 cm³/mol. The van der Waals surface area contributed by atoms with Gasteiger partial charge in [0.15, 0.2) is 5.69 Å². The number of hydrogen-bond acceptors (Lipinski definition) is 3. The number of carbonyl (C=O) groups is 1. The molecule has 1 unspecified atom stereocenters. The molecule has 0 fully saturated rings. The fraction of sp³-hybridized carbons (Fsp3) is 0.444. The highest BCUT2D eigenvalue weighted by Crippen LogP contribution is 2.29. The van der Waals surface area contributed by atoms with Gasteiger partial charge in [-0.3, -0.25) is 4.79 Å². The summed E-state index contributed by atoms with van der Waals surface area (Å²) in [4.78, 5) is 14.8. The standard InChI is InChI=1S/C18H20N2O2/c1-12-6-7-16-15(10-12)17(19-22-16)18(21)20-9-8-13-4-2-3-5-14(13)11-20/h2-5,12H,6-11H2,1H3. The molecule has 1 aromatic carbocycles. The molecule has 0 saturated heterocycles. The number of aryl methyl sites for hydroxylation is 1. The Balaban J connectivity index is 1.60. The zero-order valence-electron chi connectivity index (χ0n) is 12.8. The van der Waals surface area contributed by atoms with Gasteiger partial charge in [-0.1, -0.05) is 36.3 Å². The maximum Gasteiger partial charge on any atom is 0.276 e. The topological polar surface area (TPSA) is 46.3 Å². The first-order chi connectivity index (χ1) is 10.7. The van der Waals surface area contributed by atoms with Crippen LogP contribution >= 0.6 is 0 Å². The molecular formula is C18H20N2O2. The van der Waals surface area contributed by atoms with Crippen molar-refractivity contribution in [3.63, 3.8) is 0 Å². The van der Waals surface area contributed by atoms with Crippen LogP contribution in [-0.4, -0.2) is 22.5 Å². The first kappa shape index (κ1) is 13.6. The summed E-state index contributed by atoms with van der Waals surface area (Å²) >= 11 is 0. The summed E-state index contributed by atoms with van der Waals surface area (Å²) in [5, 5.41) is 4.10. The van der Waals surface area contributed by atoms with Gasteiger partial charge in [-0.2, -0.15) is 0 Å². The maximum absolute atomic E-state index is 12.9. The van der Waals surface area contributed by atoms with E-state index < -0.39 is 0 Å². The summed E-state index contributed by atoms with van der Waals surface area (Å²) in [5.41, 5.74) is 4.18. The number of aromatic nitrogens is 1. The fourth-order valence-electron chi connectivity index (χ4n) is 3.57. The lowest BCUT2D eigenvalue weighted by molar-refractivity contribution is 0.0723. The van der Waals surface area contributed by atoms with Gasteiger partial charge >= 0.3 is 0 Å². The van der Waals surface area contributed by atoms with Crippen molar-refractivity contribution in [2.24, 2.45) is 5.92 Å². The van der Waals surface area contributed by atoms with E-state index in [2.05, 4.69) is 30.3 Å². The highest BCUT2D eigenvalue weighted by molar-refractivity contribution is 5.94.